The van der Waals surface area contributed by atoms with Crippen LogP contribution in [0.25, 0.3) is 0 Å². The average molecular weight is 279 g/mol. The molecule has 0 radical (unpaired) electrons. The first kappa shape index (κ1) is 13.9. The van der Waals surface area contributed by atoms with Crippen molar-refractivity contribution < 1.29 is 0 Å². The van der Waals surface area contributed by atoms with Gasteiger partial charge in [0.25, 0.3) is 0 Å². The van der Waals surface area contributed by atoms with Crippen LogP contribution in [0.15, 0.2) is 30.6 Å². The van der Waals surface area contributed by atoms with Crippen LogP contribution in [-0.4, -0.2) is 16.6 Å². The topological polar surface area (TPSA) is 47.1 Å². The Balaban J connectivity index is 2.20. The van der Waals surface area contributed by atoms with Gasteiger partial charge >= 0.3 is 0 Å². The van der Waals surface area contributed by atoms with E-state index in [0.717, 1.165) is 17.1 Å². The summed E-state index contributed by atoms with van der Waals surface area (Å²) in [5.74, 6) is 0.995. The van der Waals surface area contributed by atoms with Crippen molar-refractivity contribution in [2.24, 2.45) is 12.8 Å². The van der Waals surface area contributed by atoms with Gasteiger partial charge in [0.2, 0.25) is 0 Å². The van der Waals surface area contributed by atoms with Gasteiger partial charge in [0.15, 0.2) is 0 Å². The monoisotopic (exact) mass is 278 g/mol. The van der Waals surface area contributed by atoms with Crippen molar-refractivity contribution in [3.05, 3.63) is 47.0 Å². The zero-order chi connectivity index (χ0) is 14.0. The Morgan fingerprint density at radius 1 is 1.47 bits per heavy atom. The molecule has 2 rings (SSSR count). The molecule has 0 bridgehead atoms. The first-order valence-electron chi connectivity index (χ1n) is 6.21. The second kappa shape index (κ2) is 5.63. The highest BCUT2D eigenvalue weighted by molar-refractivity contribution is 6.33. The van der Waals surface area contributed by atoms with E-state index >= 15 is 0 Å². The molecule has 0 saturated heterocycles. The van der Waals surface area contributed by atoms with Gasteiger partial charge in [0.1, 0.15) is 5.82 Å². The molecule has 4 nitrogen and oxygen atoms in total. The molecule has 0 amide bonds. The van der Waals surface area contributed by atoms with Crippen molar-refractivity contribution in [3.8, 4) is 0 Å². The quantitative estimate of drug-likeness (QED) is 0.935. The van der Waals surface area contributed by atoms with E-state index in [4.69, 9.17) is 17.3 Å². The standard InChI is InChI=1S/C14H19ClN4/c1-10(16)11-4-5-13(12(15)8-11)19(3)9-14-17-6-7-18(14)2/h4-8,10H,9,16H2,1-3H3. The summed E-state index contributed by atoms with van der Waals surface area (Å²) in [4.78, 5) is 6.39. The van der Waals surface area contributed by atoms with E-state index in [2.05, 4.69) is 9.88 Å². The van der Waals surface area contributed by atoms with Crippen molar-refractivity contribution in [1.29, 1.82) is 0 Å². The lowest BCUT2D eigenvalue weighted by Gasteiger charge is -2.21. The van der Waals surface area contributed by atoms with E-state index < -0.39 is 0 Å². The van der Waals surface area contributed by atoms with E-state index in [-0.39, 0.29) is 6.04 Å². The molecule has 0 spiro atoms. The van der Waals surface area contributed by atoms with Crippen LogP contribution in [0, 0.1) is 0 Å². The smallest absolute Gasteiger partial charge is 0.127 e. The van der Waals surface area contributed by atoms with Gasteiger partial charge in [-0.2, -0.15) is 0 Å². The molecule has 1 unspecified atom stereocenters. The lowest BCUT2D eigenvalue weighted by Crippen LogP contribution is -2.19. The number of aromatic nitrogens is 2. The van der Waals surface area contributed by atoms with E-state index in [1.807, 2.05) is 50.0 Å². The highest BCUT2D eigenvalue weighted by Crippen LogP contribution is 2.28. The number of imidazole rings is 1. The third-order valence-corrected chi connectivity index (χ3v) is 3.51. The number of hydrogen-bond acceptors (Lipinski definition) is 3. The molecule has 0 aliphatic carbocycles. The van der Waals surface area contributed by atoms with Gasteiger partial charge < -0.3 is 15.2 Å². The summed E-state index contributed by atoms with van der Waals surface area (Å²) >= 11 is 6.32. The van der Waals surface area contributed by atoms with Crippen molar-refractivity contribution >= 4 is 17.3 Å². The van der Waals surface area contributed by atoms with Crippen LogP contribution in [0.1, 0.15) is 24.4 Å². The Hall–Kier alpha value is -1.52. The van der Waals surface area contributed by atoms with Crippen LogP contribution in [0.5, 0.6) is 0 Å². The molecule has 5 heteroatoms. The number of aryl methyl sites for hydroxylation is 1. The lowest BCUT2D eigenvalue weighted by atomic mass is 10.1. The molecule has 0 aliphatic heterocycles. The fraction of sp³-hybridized carbons (Fsp3) is 0.357. The SMILES string of the molecule is CC(N)c1ccc(N(C)Cc2nccn2C)c(Cl)c1. The van der Waals surface area contributed by atoms with Gasteiger partial charge in [0.05, 0.1) is 17.3 Å². The van der Waals surface area contributed by atoms with Crippen molar-refractivity contribution in [2.75, 3.05) is 11.9 Å². The predicted molar refractivity (Wildman–Crippen MR) is 79.4 cm³/mol. The molecule has 0 saturated carbocycles. The van der Waals surface area contributed by atoms with Crippen LogP contribution in [0.4, 0.5) is 5.69 Å². The summed E-state index contributed by atoms with van der Waals surface area (Å²) in [5.41, 5.74) is 7.87. The Kier molecular flexibility index (Phi) is 4.12. The molecule has 1 heterocycles. The summed E-state index contributed by atoms with van der Waals surface area (Å²) in [6.45, 7) is 2.66. The first-order chi connectivity index (χ1) is 8.99. The molecule has 1 aromatic carbocycles. The van der Waals surface area contributed by atoms with Gasteiger partial charge in [-0.25, -0.2) is 4.98 Å². The molecule has 0 aliphatic rings. The van der Waals surface area contributed by atoms with E-state index in [0.29, 0.717) is 11.6 Å². The van der Waals surface area contributed by atoms with Crippen molar-refractivity contribution in [2.45, 2.75) is 19.5 Å². The molecule has 1 aromatic heterocycles. The third-order valence-electron chi connectivity index (χ3n) is 3.21. The zero-order valence-corrected chi connectivity index (χ0v) is 12.2. The van der Waals surface area contributed by atoms with E-state index in [1.54, 1.807) is 6.20 Å². The van der Waals surface area contributed by atoms with Crippen LogP contribution < -0.4 is 10.6 Å². The number of benzene rings is 1. The highest BCUT2D eigenvalue weighted by Gasteiger charge is 2.11. The number of hydrogen-bond donors (Lipinski definition) is 1. The minimum atomic E-state index is -0.00797. The van der Waals surface area contributed by atoms with Gasteiger partial charge in [-0.1, -0.05) is 17.7 Å². The summed E-state index contributed by atoms with van der Waals surface area (Å²) in [5, 5.41) is 0.714. The van der Waals surface area contributed by atoms with E-state index in [9.17, 15) is 0 Å². The maximum atomic E-state index is 6.32. The van der Waals surface area contributed by atoms with Crippen molar-refractivity contribution in [1.82, 2.24) is 9.55 Å². The Morgan fingerprint density at radius 3 is 2.74 bits per heavy atom. The van der Waals surface area contributed by atoms with Gasteiger partial charge in [-0.15, -0.1) is 0 Å². The number of rotatable bonds is 4. The average Bonchev–Trinajstić information content (AvgIpc) is 2.74. The molecular weight excluding hydrogens is 260 g/mol. The number of anilines is 1. The Morgan fingerprint density at radius 2 is 2.21 bits per heavy atom. The summed E-state index contributed by atoms with van der Waals surface area (Å²) in [6.07, 6.45) is 3.73. The fourth-order valence-electron chi connectivity index (χ4n) is 1.96. The molecule has 102 valence electrons. The molecule has 0 fully saturated rings. The largest absolute Gasteiger partial charge is 0.366 e. The van der Waals surface area contributed by atoms with E-state index in [1.165, 1.54) is 0 Å². The van der Waals surface area contributed by atoms with Gasteiger partial charge in [0, 0.05) is 32.5 Å². The second-order valence-electron chi connectivity index (χ2n) is 4.81. The van der Waals surface area contributed by atoms with Crippen LogP contribution in [0.2, 0.25) is 5.02 Å². The highest BCUT2D eigenvalue weighted by atomic mass is 35.5. The number of nitrogens with zero attached hydrogens (tertiary/aromatic N) is 3. The minimum absolute atomic E-state index is 0.00797. The molecule has 1 atom stereocenters. The zero-order valence-electron chi connectivity index (χ0n) is 11.5. The summed E-state index contributed by atoms with van der Waals surface area (Å²) in [7, 11) is 3.98. The normalized spacial score (nSPS) is 12.5. The first-order valence-corrected chi connectivity index (χ1v) is 6.59. The molecular formula is C14H19ClN4. The number of halogens is 1. The Labute approximate surface area is 118 Å². The molecule has 2 N–H and O–H groups in total. The maximum absolute atomic E-state index is 6.32. The third kappa shape index (κ3) is 3.08. The molecule has 2 aromatic rings. The van der Waals surface area contributed by atoms with Crippen LogP contribution >= 0.6 is 11.6 Å². The fourth-order valence-corrected chi connectivity index (χ4v) is 2.30. The van der Waals surface area contributed by atoms with Gasteiger partial charge in [-0.05, 0) is 24.6 Å². The minimum Gasteiger partial charge on any atom is -0.366 e. The number of nitrogens with two attached hydrogens (primary N) is 1. The maximum Gasteiger partial charge on any atom is 0.127 e. The Bertz CT molecular complexity index is 562. The van der Waals surface area contributed by atoms with Crippen molar-refractivity contribution in [3.63, 3.8) is 0 Å². The summed E-state index contributed by atoms with van der Waals surface area (Å²) in [6, 6.07) is 5.94. The lowest BCUT2D eigenvalue weighted by molar-refractivity contribution is 0.761. The van der Waals surface area contributed by atoms with Crippen LogP contribution in [-0.2, 0) is 13.6 Å². The van der Waals surface area contributed by atoms with Crippen LogP contribution in [0.3, 0.4) is 0 Å². The predicted octanol–water partition coefficient (Wildman–Crippen LogP) is 2.73. The summed E-state index contributed by atoms with van der Waals surface area (Å²) < 4.78 is 2.00. The molecule has 19 heavy (non-hydrogen) atoms. The second-order valence-corrected chi connectivity index (χ2v) is 5.22. The van der Waals surface area contributed by atoms with Gasteiger partial charge in [-0.3, -0.25) is 0 Å².